The number of nitrogens with zero attached hydrogens (tertiary/aromatic N) is 1. The first-order chi connectivity index (χ1) is 10.9. The van der Waals surface area contributed by atoms with Crippen LogP contribution in [0.1, 0.15) is 43.1 Å². The van der Waals surface area contributed by atoms with E-state index in [4.69, 9.17) is 16.3 Å². The van der Waals surface area contributed by atoms with Crippen molar-refractivity contribution in [3.05, 3.63) is 52.0 Å². The molecule has 0 aliphatic carbocycles. The second-order valence-corrected chi connectivity index (χ2v) is 7.36. The van der Waals surface area contributed by atoms with Crippen molar-refractivity contribution in [2.75, 3.05) is 0 Å². The molecular formula is C17H21Cl2N2O2S-. The number of carbonyl (C=O) groups excluding carboxylic acids is 1. The minimum atomic E-state index is -0.536. The van der Waals surface area contributed by atoms with Crippen LogP contribution in [-0.2, 0) is 17.0 Å². The number of alkyl halides is 1. The van der Waals surface area contributed by atoms with Gasteiger partial charge in [0.2, 0.25) is 0 Å². The van der Waals surface area contributed by atoms with Crippen LogP contribution in [0, 0.1) is 0 Å². The third kappa shape index (κ3) is 6.67. The lowest BCUT2D eigenvalue weighted by Crippen LogP contribution is -3.00. The number of benzene rings is 1. The highest BCUT2D eigenvalue weighted by Gasteiger charge is 2.22. The van der Waals surface area contributed by atoms with Crippen molar-refractivity contribution in [3.63, 3.8) is 0 Å². The largest absolute Gasteiger partial charge is 1.00 e. The van der Waals surface area contributed by atoms with Crippen molar-refractivity contribution < 1.29 is 21.9 Å². The Bertz CT molecular complexity index is 642. The van der Waals surface area contributed by atoms with Gasteiger partial charge in [-0.3, -0.25) is 0 Å². The van der Waals surface area contributed by atoms with Crippen LogP contribution in [0.5, 0.6) is 0 Å². The maximum atomic E-state index is 12.1. The van der Waals surface area contributed by atoms with Crippen LogP contribution < -0.4 is 17.7 Å². The highest BCUT2D eigenvalue weighted by Crippen LogP contribution is 2.23. The van der Waals surface area contributed by atoms with Crippen LogP contribution >= 0.6 is 22.9 Å². The standard InChI is InChI=1S/C17H21ClN2O2S.ClH/c1-17(2,3)22-16(21)20-14(9-12-7-5-4-6-8-12)15-19-13(10-18)11-23-15;/h4-8,11,14H,9-10H2,1-3H3,(H,20,21);1H/p-1/t14-;/m1./s1. The summed E-state index contributed by atoms with van der Waals surface area (Å²) in [6.45, 7) is 5.52. The average molecular weight is 388 g/mol. The number of nitrogens with one attached hydrogen (secondary N) is 1. The Balaban J connectivity index is 0.00000288. The Hall–Kier alpha value is -1.30. The molecule has 0 spiro atoms. The highest BCUT2D eigenvalue weighted by molar-refractivity contribution is 7.09. The molecule has 7 heteroatoms. The fourth-order valence-corrected chi connectivity index (χ4v) is 3.14. The summed E-state index contributed by atoms with van der Waals surface area (Å²) < 4.78 is 5.36. The zero-order valence-electron chi connectivity index (χ0n) is 13.9. The van der Waals surface area contributed by atoms with Crippen molar-refractivity contribution in [1.29, 1.82) is 0 Å². The van der Waals surface area contributed by atoms with E-state index < -0.39 is 11.7 Å². The molecule has 0 saturated heterocycles. The van der Waals surface area contributed by atoms with Crippen LogP contribution in [-0.4, -0.2) is 16.7 Å². The molecule has 1 atom stereocenters. The second-order valence-electron chi connectivity index (χ2n) is 6.20. The van der Waals surface area contributed by atoms with Crippen molar-refractivity contribution in [2.24, 2.45) is 0 Å². The predicted molar refractivity (Wildman–Crippen MR) is 93.9 cm³/mol. The summed E-state index contributed by atoms with van der Waals surface area (Å²) in [6, 6.07) is 9.74. The topological polar surface area (TPSA) is 51.2 Å². The molecule has 0 unspecified atom stereocenters. The van der Waals surface area contributed by atoms with Crippen molar-refractivity contribution in [1.82, 2.24) is 10.3 Å². The minimum absolute atomic E-state index is 0. The molecule has 1 aromatic carbocycles. The molecule has 1 heterocycles. The van der Waals surface area contributed by atoms with Gasteiger partial charge in [-0.05, 0) is 32.8 Å². The first kappa shape index (κ1) is 20.7. The first-order valence-electron chi connectivity index (χ1n) is 7.41. The minimum Gasteiger partial charge on any atom is -1.00 e. The Morgan fingerprint density at radius 1 is 1.33 bits per heavy atom. The molecule has 24 heavy (non-hydrogen) atoms. The zero-order chi connectivity index (χ0) is 16.9. The molecule has 0 radical (unpaired) electrons. The van der Waals surface area contributed by atoms with Gasteiger partial charge >= 0.3 is 6.09 Å². The van der Waals surface area contributed by atoms with Crippen LogP contribution in [0.15, 0.2) is 35.7 Å². The molecular weight excluding hydrogens is 367 g/mol. The summed E-state index contributed by atoms with van der Waals surface area (Å²) in [5.41, 5.74) is 1.40. The zero-order valence-corrected chi connectivity index (χ0v) is 16.2. The number of hydrogen-bond acceptors (Lipinski definition) is 4. The number of hydrogen-bond donors (Lipinski definition) is 1. The van der Waals surface area contributed by atoms with Crippen LogP contribution in [0.2, 0.25) is 0 Å². The van der Waals surface area contributed by atoms with E-state index in [0.29, 0.717) is 12.3 Å². The van der Waals surface area contributed by atoms with Crippen molar-refractivity contribution in [2.45, 2.75) is 44.7 Å². The van der Waals surface area contributed by atoms with Gasteiger partial charge in [0.15, 0.2) is 0 Å². The summed E-state index contributed by atoms with van der Waals surface area (Å²) in [7, 11) is 0. The van der Waals surface area contributed by atoms with Crippen LogP contribution in [0.4, 0.5) is 4.79 Å². The van der Waals surface area contributed by atoms with E-state index in [1.165, 1.54) is 11.3 Å². The van der Waals surface area contributed by atoms with E-state index in [9.17, 15) is 4.79 Å². The lowest BCUT2D eigenvalue weighted by Gasteiger charge is -2.23. The van der Waals surface area contributed by atoms with Gasteiger partial charge < -0.3 is 22.5 Å². The number of aromatic nitrogens is 1. The van der Waals surface area contributed by atoms with Gasteiger partial charge in [-0.25, -0.2) is 9.78 Å². The molecule has 1 N–H and O–H groups in total. The molecule has 0 aliphatic rings. The summed E-state index contributed by atoms with van der Waals surface area (Å²) >= 11 is 7.33. The Kier molecular flexibility index (Phi) is 8.00. The smallest absolute Gasteiger partial charge is 0.408 e. The van der Waals surface area contributed by atoms with Gasteiger partial charge in [0.25, 0.3) is 0 Å². The quantitative estimate of drug-likeness (QED) is 0.794. The summed E-state index contributed by atoms with van der Waals surface area (Å²) in [4.78, 5) is 16.6. The van der Waals surface area contributed by atoms with E-state index in [0.717, 1.165) is 16.3 Å². The van der Waals surface area contributed by atoms with E-state index in [2.05, 4.69) is 10.3 Å². The number of halogens is 2. The van der Waals surface area contributed by atoms with Gasteiger partial charge in [-0.15, -0.1) is 22.9 Å². The molecule has 2 rings (SSSR count). The molecule has 0 saturated carbocycles. The Morgan fingerprint density at radius 3 is 2.54 bits per heavy atom. The van der Waals surface area contributed by atoms with Gasteiger partial charge in [0.1, 0.15) is 10.6 Å². The van der Waals surface area contributed by atoms with Gasteiger partial charge in [0.05, 0.1) is 17.6 Å². The van der Waals surface area contributed by atoms with E-state index in [1.54, 1.807) is 0 Å². The molecule has 132 valence electrons. The van der Waals surface area contributed by atoms with E-state index in [1.807, 2.05) is 56.5 Å². The molecule has 0 fully saturated rings. The maximum absolute atomic E-state index is 12.1. The molecule has 2 aromatic rings. The lowest BCUT2D eigenvalue weighted by atomic mass is 10.1. The first-order valence-corrected chi connectivity index (χ1v) is 8.82. The Labute approximate surface area is 158 Å². The third-order valence-corrected chi connectivity index (χ3v) is 4.26. The van der Waals surface area contributed by atoms with Gasteiger partial charge in [-0.1, -0.05) is 30.3 Å². The van der Waals surface area contributed by atoms with Crippen molar-refractivity contribution >= 4 is 29.0 Å². The number of rotatable bonds is 5. The molecule has 1 aromatic heterocycles. The third-order valence-electron chi connectivity index (χ3n) is 2.98. The lowest BCUT2D eigenvalue weighted by molar-refractivity contribution is -0.0000282. The summed E-state index contributed by atoms with van der Waals surface area (Å²) in [5.74, 6) is 0.362. The van der Waals surface area contributed by atoms with Crippen molar-refractivity contribution in [3.8, 4) is 0 Å². The van der Waals surface area contributed by atoms with Crippen LogP contribution in [0.3, 0.4) is 0 Å². The molecule has 4 nitrogen and oxygen atoms in total. The molecule has 0 bridgehead atoms. The van der Waals surface area contributed by atoms with Gasteiger partial charge in [-0.2, -0.15) is 0 Å². The van der Waals surface area contributed by atoms with E-state index >= 15 is 0 Å². The number of ether oxygens (including phenoxy) is 1. The predicted octanol–water partition coefficient (Wildman–Crippen LogP) is 1.69. The van der Waals surface area contributed by atoms with Crippen LogP contribution in [0.25, 0.3) is 0 Å². The summed E-state index contributed by atoms with van der Waals surface area (Å²) in [6.07, 6.45) is 0.205. The number of thiazole rings is 1. The Morgan fingerprint density at radius 2 is 2.00 bits per heavy atom. The average Bonchev–Trinajstić information content (AvgIpc) is 2.94. The monoisotopic (exact) mass is 387 g/mol. The summed E-state index contributed by atoms with van der Waals surface area (Å²) in [5, 5.41) is 5.66. The number of carbonyl (C=O) groups is 1. The van der Waals surface area contributed by atoms with Gasteiger partial charge in [0, 0.05) is 5.38 Å². The highest BCUT2D eigenvalue weighted by atomic mass is 35.5. The SMILES string of the molecule is CC(C)(C)OC(=O)N[C@H](Cc1ccccc1)c1nc(CCl)cs1.[Cl-]. The normalized spacial score (nSPS) is 12.2. The fourth-order valence-electron chi connectivity index (χ4n) is 2.04. The number of amides is 1. The fraction of sp³-hybridized carbons (Fsp3) is 0.412. The van der Waals surface area contributed by atoms with E-state index in [-0.39, 0.29) is 18.4 Å². The maximum Gasteiger partial charge on any atom is 0.408 e. The molecule has 1 amide bonds. The number of alkyl carbamates (subject to hydrolysis) is 1. The molecule has 0 aliphatic heterocycles. The second kappa shape index (κ2) is 9.25.